The fourth-order valence-corrected chi connectivity index (χ4v) is 3.35. The molecule has 1 atom stereocenters. The first kappa shape index (κ1) is 15.5. The summed E-state index contributed by atoms with van der Waals surface area (Å²) in [6.07, 6.45) is 0. The Morgan fingerprint density at radius 1 is 1.20 bits per heavy atom. The van der Waals surface area contributed by atoms with Crippen molar-refractivity contribution in [1.29, 1.82) is 0 Å². The lowest BCUT2D eigenvalue weighted by atomic mass is 9.77. The van der Waals surface area contributed by atoms with Crippen molar-refractivity contribution in [2.45, 2.75) is 33.7 Å². The van der Waals surface area contributed by atoms with E-state index in [0.29, 0.717) is 0 Å². The third-order valence-electron chi connectivity index (χ3n) is 4.48. The van der Waals surface area contributed by atoms with Crippen LogP contribution in [0.1, 0.15) is 36.6 Å². The van der Waals surface area contributed by atoms with Crippen LogP contribution in [0.25, 0.3) is 0 Å². The van der Waals surface area contributed by atoms with Crippen LogP contribution in [0, 0.1) is 19.3 Å². The van der Waals surface area contributed by atoms with Crippen molar-refractivity contribution in [3.05, 3.63) is 34.9 Å². The molecule has 1 fully saturated rings. The molecule has 0 amide bonds. The zero-order valence-electron chi connectivity index (χ0n) is 13.2. The quantitative estimate of drug-likeness (QED) is 0.885. The molecule has 3 heteroatoms. The number of nitrogens with one attached hydrogen (secondary N) is 1. The average Bonchev–Trinajstić information content (AvgIpc) is 2.43. The van der Waals surface area contributed by atoms with Crippen LogP contribution >= 0.6 is 0 Å². The van der Waals surface area contributed by atoms with Crippen LogP contribution in [-0.4, -0.2) is 42.8 Å². The van der Waals surface area contributed by atoms with Gasteiger partial charge in [-0.25, -0.2) is 0 Å². The molecule has 3 nitrogen and oxygen atoms in total. The molecule has 1 heterocycles. The van der Waals surface area contributed by atoms with Crippen molar-refractivity contribution in [3.8, 4) is 0 Å². The number of hydrogen-bond acceptors (Lipinski definition) is 3. The largest absolute Gasteiger partial charge is 0.396 e. The van der Waals surface area contributed by atoms with E-state index in [2.05, 4.69) is 56.1 Å². The van der Waals surface area contributed by atoms with Gasteiger partial charge in [0.2, 0.25) is 0 Å². The van der Waals surface area contributed by atoms with Crippen molar-refractivity contribution in [3.63, 3.8) is 0 Å². The standard InChI is InChI=1S/C17H28N2O/c1-13-6-5-7-14(2)15(13)16(17(3,4)12-20)19-10-8-18-9-11-19/h5-7,16,18,20H,8-12H2,1-4H3/t16-/m0/s1. The molecule has 1 aliphatic heterocycles. The molecule has 2 rings (SSSR count). The van der Waals surface area contributed by atoms with Gasteiger partial charge in [0.05, 0.1) is 0 Å². The summed E-state index contributed by atoms with van der Waals surface area (Å²) < 4.78 is 0. The number of rotatable bonds is 4. The van der Waals surface area contributed by atoms with E-state index >= 15 is 0 Å². The van der Waals surface area contributed by atoms with Crippen molar-refractivity contribution in [2.75, 3.05) is 32.8 Å². The lowest BCUT2D eigenvalue weighted by molar-refractivity contribution is 0.0299. The molecule has 0 saturated carbocycles. The van der Waals surface area contributed by atoms with Gasteiger partial charge in [-0.15, -0.1) is 0 Å². The van der Waals surface area contributed by atoms with E-state index in [1.165, 1.54) is 16.7 Å². The smallest absolute Gasteiger partial charge is 0.0500 e. The summed E-state index contributed by atoms with van der Waals surface area (Å²) in [5.74, 6) is 0. The molecular formula is C17H28N2O. The Morgan fingerprint density at radius 2 is 1.75 bits per heavy atom. The van der Waals surface area contributed by atoms with Crippen LogP contribution in [0.4, 0.5) is 0 Å². The van der Waals surface area contributed by atoms with E-state index in [4.69, 9.17) is 0 Å². The molecule has 20 heavy (non-hydrogen) atoms. The Balaban J connectivity index is 2.45. The van der Waals surface area contributed by atoms with Gasteiger partial charge in [-0.3, -0.25) is 4.90 Å². The number of aryl methyl sites for hydroxylation is 2. The first-order chi connectivity index (χ1) is 9.47. The highest BCUT2D eigenvalue weighted by molar-refractivity contribution is 5.37. The Labute approximate surface area is 123 Å². The summed E-state index contributed by atoms with van der Waals surface area (Å²) in [7, 11) is 0. The van der Waals surface area contributed by atoms with Crippen molar-refractivity contribution >= 4 is 0 Å². The first-order valence-corrected chi connectivity index (χ1v) is 7.59. The summed E-state index contributed by atoms with van der Waals surface area (Å²) in [6.45, 7) is 13.1. The Bertz CT molecular complexity index is 430. The number of benzene rings is 1. The molecule has 0 spiro atoms. The van der Waals surface area contributed by atoms with Crippen molar-refractivity contribution in [1.82, 2.24) is 10.2 Å². The zero-order valence-corrected chi connectivity index (χ0v) is 13.2. The predicted octanol–water partition coefficient (Wildman–Crippen LogP) is 2.27. The van der Waals surface area contributed by atoms with E-state index in [-0.39, 0.29) is 18.1 Å². The summed E-state index contributed by atoms with van der Waals surface area (Å²) in [5.41, 5.74) is 3.91. The van der Waals surface area contributed by atoms with Gasteiger partial charge in [-0.2, -0.15) is 0 Å². The second-order valence-electron chi connectivity index (χ2n) is 6.64. The van der Waals surface area contributed by atoms with Gasteiger partial charge < -0.3 is 10.4 Å². The van der Waals surface area contributed by atoms with E-state index in [1.54, 1.807) is 0 Å². The monoisotopic (exact) mass is 276 g/mol. The van der Waals surface area contributed by atoms with E-state index in [9.17, 15) is 5.11 Å². The Hall–Kier alpha value is -0.900. The Kier molecular flexibility index (Phi) is 4.84. The predicted molar refractivity (Wildman–Crippen MR) is 84.0 cm³/mol. The average molecular weight is 276 g/mol. The highest BCUT2D eigenvalue weighted by Gasteiger charge is 2.37. The number of nitrogens with zero attached hydrogens (tertiary/aromatic N) is 1. The molecule has 1 aromatic rings. The molecule has 112 valence electrons. The third-order valence-corrected chi connectivity index (χ3v) is 4.48. The molecule has 1 saturated heterocycles. The molecular weight excluding hydrogens is 248 g/mol. The lowest BCUT2D eigenvalue weighted by Gasteiger charge is -2.44. The molecule has 0 aliphatic carbocycles. The molecule has 0 radical (unpaired) electrons. The zero-order chi connectivity index (χ0) is 14.8. The van der Waals surface area contributed by atoms with E-state index in [0.717, 1.165) is 26.2 Å². The number of aliphatic hydroxyl groups excluding tert-OH is 1. The van der Waals surface area contributed by atoms with Crippen LogP contribution in [0.3, 0.4) is 0 Å². The highest BCUT2D eigenvalue weighted by atomic mass is 16.3. The lowest BCUT2D eigenvalue weighted by Crippen LogP contribution is -2.50. The van der Waals surface area contributed by atoms with Gasteiger partial charge in [0.15, 0.2) is 0 Å². The summed E-state index contributed by atoms with van der Waals surface area (Å²) in [4.78, 5) is 2.53. The van der Waals surface area contributed by atoms with Crippen LogP contribution in [0.15, 0.2) is 18.2 Å². The van der Waals surface area contributed by atoms with Crippen LogP contribution in [0.5, 0.6) is 0 Å². The molecule has 0 unspecified atom stereocenters. The fourth-order valence-electron chi connectivity index (χ4n) is 3.35. The fraction of sp³-hybridized carbons (Fsp3) is 0.647. The highest BCUT2D eigenvalue weighted by Crippen LogP contribution is 2.40. The van der Waals surface area contributed by atoms with E-state index in [1.807, 2.05) is 0 Å². The normalized spacial score (nSPS) is 19.1. The van der Waals surface area contributed by atoms with Crippen LogP contribution in [-0.2, 0) is 0 Å². The SMILES string of the molecule is Cc1cccc(C)c1[C@H](N1CCNCC1)C(C)(C)CO. The summed E-state index contributed by atoms with van der Waals surface area (Å²) in [6, 6.07) is 6.76. The maximum atomic E-state index is 9.90. The first-order valence-electron chi connectivity index (χ1n) is 7.59. The number of aliphatic hydroxyl groups is 1. The van der Waals surface area contributed by atoms with Gasteiger partial charge in [0.1, 0.15) is 0 Å². The minimum absolute atomic E-state index is 0.145. The Morgan fingerprint density at radius 3 is 2.25 bits per heavy atom. The number of hydrogen-bond donors (Lipinski definition) is 2. The topological polar surface area (TPSA) is 35.5 Å². The molecule has 0 bridgehead atoms. The van der Waals surface area contributed by atoms with Gasteiger partial charge in [0, 0.05) is 44.2 Å². The molecule has 1 aromatic carbocycles. The van der Waals surface area contributed by atoms with Crippen LogP contribution < -0.4 is 5.32 Å². The number of piperazine rings is 1. The maximum Gasteiger partial charge on any atom is 0.0500 e. The second kappa shape index (κ2) is 6.25. The van der Waals surface area contributed by atoms with E-state index < -0.39 is 0 Å². The molecule has 1 aliphatic rings. The van der Waals surface area contributed by atoms with Gasteiger partial charge in [0.25, 0.3) is 0 Å². The van der Waals surface area contributed by atoms with Crippen molar-refractivity contribution < 1.29 is 5.11 Å². The van der Waals surface area contributed by atoms with Gasteiger partial charge in [-0.1, -0.05) is 32.0 Å². The molecule has 2 N–H and O–H groups in total. The maximum absolute atomic E-state index is 9.90. The molecule has 0 aromatic heterocycles. The second-order valence-corrected chi connectivity index (χ2v) is 6.64. The van der Waals surface area contributed by atoms with Crippen LogP contribution in [0.2, 0.25) is 0 Å². The minimum atomic E-state index is -0.145. The summed E-state index contributed by atoms with van der Waals surface area (Å²) >= 11 is 0. The van der Waals surface area contributed by atoms with Gasteiger partial charge in [-0.05, 0) is 30.5 Å². The van der Waals surface area contributed by atoms with Gasteiger partial charge >= 0.3 is 0 Å². The minimum Gasteiger partial charge on any atom is -0.396 e. The van der Waals surface area contributed by atoms with Crippen molar-refractivity contribution in [2.24, 2.45) is 5.41 Å². The summed E-state index contributed by atoms with van der Waals surface area (Å²) in [5, 5.41) is 13.3. The third kappa shape index (κ3) is 3.05.